The van der Waals surface area contributed by atoms with Crippen LogP contribution in [0.15, 0.2) is 65.1 Å². The summed E-state index contributed by atoms with van der Waals surface area (Å²) in [6.45, 7) is 1.73. The number of benzene rings is 2. The predicted octanol–water partition coefficient (Wildman–Crippen LogP) is 2.53. The number of ketones is 2. The van der Waals surface area contributed by atoms with E-state index in [2.05, 4.69) is 0 Å². The number of carbonyl (C=O) groups excluding carboxylic acids is 3. The first kappa shape index (κ1) is 27.2. The van der Waals surface area contributed by atoms with Crippen molar-refractivity contribution in [1.82, 2.24) is 4.90 Å². The molecule has 7 N–H and O–H groups in total. The van der Waals surface area contributed by atoms with Crippen LogP contribution in [-0.4, -0.2) is 79.7 Å². The Labute approximate surface area is 238 Å². The zero-order chi connectivity index (χ0) is 29.7. The lowest BCUT2D eigenvalue weighted by atomic mass is 9.55. The number of thiophene rings is 1. The first-order valence-corrected chi connectivity index (χ1v) is 13.8. The summed E-state index contributed by atoms with van der Waals surface area (Å²) in [5.41, 5.74) is 2.07. The SMILES string of the molecule is C[C@H]1c2c(-c3cc4ccccc4s3)ccc(O)c2C(=O)C2=C(O)[C@]3(O)C(=O)C(C(N)=O)=C(O)C(N(C)C)[C@@H]3[C@@H](O)[C@@H]21. The Bertz CT molecular complexity index is 1720. The number of hydrogen-bond donors (Lipinski definition) is 6. The number of likely N-dealkylation sites (N-methyl/N-ethyl adjacent to an activating group) is 1. The van der Waals surface area contributed by atoms with Gasteiger partial charge < -0.3 is 31.3 Å². The van der Waals surface area contributed by atoms with E-state index in [0.717, 1.165) is 15.0 Å². The van der Waals surface area contributed by atoms with Crippen molar-refractivity contribution >= 4 is 38.9 Å². The lowest BCUT2D eigenvalue weighted by Crippen LogP contribution is -2.68. The predicted molar refractivity (Wildman–Crippen MR) is 151 cm³/mol. The summed E-state index contributed by atoms with van der Waals surface area (Å²) in [4.78, 5) is 42.0. The third-order valence-corrected chi connectivity index (χ3v) is 9.95. The van der Waals surface area contributed by atoms with Crippen LogP contribution in [0, 0.1) is 11.8 Å². The van der Waals surface area contributed by atoms with Crippen LogP contribution in [0.4, 0.5) is 0 Å². The zero-order valence-corrected chi connectivity index (χ0v) is 23.1. The van der Waals surface area contributed by atoms with Gasteiger partial charge >= 0.3 is 0 Å². The Morgan fingerprint density at radius 1 is 1.07 bits per heavy atom. The lowest BCUT2D eigenvalue weighted by molar-refractivity contribution is -0.162. The molecule has 0 radical (unpaired) electrons. The number of fused-ring (bicyclic) bond motifs is 4. The fourth-order valence-corrected chi connectivity index (χ4v) is 8.14. The van der Waals surface area contributed by atoms with Crippen molar-refractivity contribution in [2.45, 2.75) is 30.6 Å². The van der Waals surface area contributed by atoms with Gasteiger partial charge in [0.05, 0.1) is 23.6 Å². The van der Waals surface area contributed by atoms with Gasteiger partial charge in [0.15, 0.2) is 11.4 Å². The van der Waals surface area contributed by atoms with Gasteiger partial charge in [0.25, 0.3) is 5.91 Å². The van der Waals surface area contributed by atoms with Gasteiger partial charge in [-0.15, -0.1) is 11.3 Å². The molecule has 0 saturated heterocycles. The number of aromatic hydroxyl groups is 1. The first-order valence-electron chi connectivity index (χ1n) is 13.0. The minimum Gasteiger partial charge on any atom is -0.510 e. The van der Waals surface area contributed by atoms with Crippen LogP contribution < -0.4 is 5.73 Å². The number of nitrogens with two attached hydrogens (primary N) is 1. The maximum absolute atomic E-state index is 14.1. The van der Waals surface area contributed by atoms with E-state index in [-0.39, 0.29) is 11.3 Å². The number of hydrogen-bond acceptors (Lipinski definition) is 10. The smallest absolute Gasteiger partial charge is 0.255 e. The number of aliphatic hydroxyl groups excluding tert-OH is 3. The molecule has 11 heteroatoms. The van der Waals surface area contributed by atoms with Gasteiger partial charge in [-0.05, 0) is 60.8 Å². The number of phenolic OH excluding ortho intramolecular Hbond substituents is 1. The molecule has 3 aliphatic carbocycles. The van der Waals surface area contributed by atoms with E-state index in [0.29, 0.717) is 11.1 Å². The minimum atomic E-state index is -2.94. The van der Waals surface area contributed by atoms with Gasteiger partial charge in [-0.1, -0.05) is 25.1 Å². The summed E-state index contributed by atoms with van der Waals surface area (Å²) in [6, 6.07) is 11.5. The first-order chi connectivity index (χ1) is 19.3. The van der Waals surface area contributed by atoms with Gasteiger partial charge in [-0.3, -0.25) is 19.3 Å². The Balaban J connectivity index is 1.62. The third-order valence-electron chi connectivity index (χ3n) is 8.80. The molecule has 6 rings (SSSR count). The van der Waals surface area contributed by atoms with Gasteiger partial charge in [-0.25, -0.2) is 0 Å². The second kappa shape index (κ2) is 8.98. The molecule has 3 aliphatic rings. The maximum Gasteiger partial charge on any atom is 0.255 e. The highest BCUT2D eigenvalue weighted by Crippen LogP contribution is 2.57. The number of nitrogens with zero attached hydrogens (tertiary/aromatic N) is 1. The van der Waals surface area contributed by atoms with E-state index in [1.165, 1.54) is 36.4 Å². The number of rotatable bonds is 3. The monoisotopic (exact) mass is 576 g/mol. The summed E-state index contributed by atoms with van der Waals surface area (Å²) in [5, 5.41) is 58.1. The van der Waals surface area contributed by atoms with Crippen molar-refractivity contribution in [2.24, 2.45) is 17.6 Å². The van der Waals surface area contributed by atoms with E-state index < -0.39 is 75.6 Å². The number of amides is 1. The van der Waals surface area contributed by atoms with Crippen LogP contribution in [0.5, 0.6) is 5.75 Å². The molecular formula is C30H28N2O8S. The fraction of sp³-hybridized carbons (Fsp3) is 0.300. The van der Waals surface area contributed by atoms with Crippen LogP contribution >= 0.6 is 11.3 Å². The van der Waals surface area contributed by atoms with E-state index in [4.69, 9.17) is 5.73 Å². The molecule has 0 bridgehead atoms. The molecule has 2 aromatic carbocycles. The van der Waals surface area contributed by atoms with Crippen molar-refractivity contribution in [3.63, 3.8) is 0 Å². The highest BCUT2D eigenvalue weighted by Gasteiger charge is 2.67. The van der Waals surface area contributed by atoms with Crippen molar-refractivity contribution in [3.05, 3.63) is 76.3 Å². The second-order valence-electron chi connectivity index (χ2n) is 11.1. The van der Waals surface area contributed by atoms with Crippen LogP contribution in [0.25, 0.3) is 20.5 Å². The molecule has 3 aromatic rings. The van der Waals surface area contributed by atoms with Gasteiger partial charge in [0, 0.05) is 21.1 Å². The Kier molecular flexibility index (Phi) is 5.95. The highest BCUT2D eigenvalue weighted by atomic mass is 32.1. The quantitative estimate of drug-likeness (QED) is 0.255. The molecule has 0 saturated carbocycles. The zero-order valence-electron chi connectivity index (χ0n) is 22.3. The highest BCUT2D eigenvalue weighted by molar-refractivity contribution is 7.22. The molecule has 1 aromatic heterocycles. The molecule has 6 atom stereocenters. The second-order valence-corrected chi connectivity index (χ2v) is 12.2. The van der Waals surface area contributed by atoms with Crippen LogP contribution in [0.3, 0.4) is 0 Å². The topological polar surface area (TPSA) is 182 Å². The van der Waals surface area contributed by atoms with Crippen LogP contribution in [0.1, 0.15) is 28.8 Å². The van der Waals surface area contributed by atoms with E-state index in [1.54, 1.807) is 13.0 Å². The van der Waals surface area contributed by atoms with E-state index >= 15 is 0 Å². The summed E-state index contributed by atoms with van der Waals surface area (Å²) in [7, 11) is 3.00. The summed E-state index contributed by atoms with van der Waals surface area (Å²) in [6.07, 6.45) is -1.65. The summed E-state index contributed by atoms with van der Waals surface area (Å²) >= 11 is 1.50. The molecule has 1 amide bonds. The lowest BCUT2D eigenvalue weighted by Gasteiger charge is -2.53. The largest absolute Gasteiger partial charge is 0.510 e. The summed E-state index contributed by atoms with van der Waals surface area (Å²) < 4.78 is 1.02. The van der Waals surface area contributed by atoms with Crippen molar-refractivity contribution < 1.29 is 39.9 Å². The molecule has 0 fully saturated rings. The molecule has 1 unspecified atom stereocenters. The number of carbonyl (C=O) groups is 3. The van der Waals surface area contributed by atoms with Gasteiger partial charge in [0.1, 0.15) is 22.8 Å². The number of aliphatic hydroxyl groups is 4. The van der Waals surface area contributed by atoms with Crippen molar-refractivity contribution in [1.29, 1.82) is 0 Å². The van der Waals surface area contributed by atoms with Crippen LogP contribution in [-0.2, 0) is 9.59 Å². The van der Waals surface area contributed by atoms with Gasteiger partial charge in [0.2, 0.25) is 5.78 Å². The molecule has 1 heterocycles. The summed E-state index contributed by atoms with van der Waals surface area (Å²) in [5.74, 6) is -9.14. The van der Waals surface area contributed by atoms with E-state index in [9.17, 15) is 39.9 Å². The standard InChI is InChI=1S/C30H28N2O8S/c1-11-17-13(16-10-12-6-4-5-7-15(12)41-16)8-9-14(33)19(17)24(34)20-18(11)25(35)22-23(32(2)3)26(36)21(29(31)39)28(38)30(22,40)27(20)37/h4-11,18,22-23,25,33,35-37,40H,1-3H3,(H2,31,39)/t11-,18+,22+,23?,25-,30-/m0/s1. The Morgan fingerprint density at radius 3 is 2.39 bits per heavy atom. The van der Waals surface area contributed by atoms with E-state index in [1.807, 2.05) is 30.3 Å². The molecule has 0 spiro atoms. The van der Waals surface area contributed by atoms with Gasteiger partial charge in [-0.2, -0.15) is 0 Å². The van der Waals surface area contributed by atoms with Crippen LogP contribution in [0.2, 0.25) is 0 Å². The molecular weight excluding hydrogens is 548 g/mol. The number of primary amides is 1. The molecule has 212 valence electrons. The average molecular weight is 577 g/mol. The maximum atomic E-state index is 14.1. The fourth-order valence-electron chi connectivity index (χ4n) is 7.03. The molecule has 10 nitrogen and oxygen atoms in total. The number of phenols is 1. The number of Topliss-reactive ketones (excluding diaryl/α,β-unsaturated/α-hetero) is 2. The molecule has 0 aliphatic heterocycles. The molecule has 41 heavy (non-hydrogen) atoms. The van der Waals surface area contributed by atoms with Crippen molar-refractivity contribution in [3.8, 4) is 16.2 Å². The Morgan fingerprint density at radius 2 is 1.76 bits per heavy atom. The normalized spacial score (nSPS) is 29.6. The average Bonchev–Trinajstić information content (AvgIpc) is 3.34. The van der Waals surface area contributed by atoms with Crippen molar-refractivity contribution in [2.75, 3.05) is 14.1 Å². The third kappa shape index (κ3) is 3.43. The Hall–Kier alpha value is -4.03. The minimum absolute atomic E-state index is 0.111.